The maximum Gasteiger partial charge on any atom is 0.191 e. The number of hydrogen-bond donors (Lipinski definition) is 2. The average Bonchev–Trinajstić information content (AvgIpc) is 2.62. The molecule has 2 aromatic rings. The molecule has 138 valence electrons. The van der Waals surface area contributed by atoms with E-state index in [0.29, 0.717) is 23.6 Å². The minimum Gasteiger partial charge on any atom is -0.356 e. The molecule has 0 spiro atoms. The second-order valence-corrected chi connectivity index (χ2v) is 5.26. The van der Waals surface area contributed by atoms with Crippen LogP contribution in [0.15, 0.2) is 41.4 Å². The van der Waals surface area contributed by atoms with Gasteiger partial charge in [-0.25, -0.2) is 13.2 Å². The van der Waals surface area contributed by atoms with Crippen molar-refractivity contribution in [3.63, 3.8) is 0 Å². The highest BCUT2D eigenvalue weighted by Crippen LogP contribution is 2.11. The molecule has 0 unspecified atom stereocenters. The Morgan fingerprint density at radius 2 is 1.73 bits per heavy atom. The standard InChI is InChI=1S/C18H17F3N4.HI/c1-23-18(24-7-6-13-9-15(19)3-5-16(13)20)25-11-14-8-12(10-22)2-4-17(14)21;/h2-5,8-9H,6-7,11H2,1H3,(H2,23,24,25);1H. The summed E-state index contributed by atoms with van der Waals surface area (Å²) < 4.78 is 40.4. The number of benzene rings is 2. The molecule has 8 heteroatoms. The first-order valence-corrected chi connectivity index (χ1v) is 7.60. The monoisotopic (exact) mass is 474 g/mol. The largest absolute Gasteiger partial charge is 0.356 e. The molecule has 0 aliphatic rings. The van der Waals surface area contributed by atoms with Gasteiger partial charge < -0.3 is 10.6 Å². The minimum absolute atomic E-state index is 0. The van der Waals surface area contributed by atoms with Gasteiger partial charge in [0, 0.05) is 25.7 Å². The highest BCUT2D eigenvalue weighted by Gasteiger charge is 2.07. The molecule has 0 amide bonds. The Morgan fingerprint density at radius 3 is 2.42 bits per heavy atom. The Balaban J connectivity index is 0.00000338. The van der Waals surface area contributed by atoms with Crippen molar-refractivity contribution >= 4 is 29.9 Å². The lowest BCUT2D eigenvalue weighted by atomic mass is 10.1. The summed E-state index contributed by atoms with van der Waals surface area (Å²) in [4.78, 5) is 3.99. The zero-order chi connectivity index (χ0) is 18.2. The fourth-order valence-corrected chi connectivity index (χ4v) is 2.23. The van der Waals surface area contributed by atoms with E-state index in [1.54, 1.807) is 7.05 Å². The number of rotatable bonds is 5. The van der Waals surface area contributed by atoms with Crippen LogP contribution in [0.25, 0.3) is 0 Å². The predicted octanol–water partition coefficient (Wildman–Crippen LogP) is 3.50. The quantitative estimate of drug-likeness (QED) is 0.397. The van der Waals surface area contributed by atoms with E-state index in [1.807, 2.05) is 6.07 Å². The van der Waals surface area contributed by atoms with Crippen molar-refractivity contribution in [1.29, 1.82) is 5.26 Å². The van der Waals surface area contributed by atoms with Crippen molar-refractivity contribution in [1.82, 2.24) is 10.6 Å². The first kappa shape index (κ1) is 21.8. The number of aliphatic imine (C=N–C) groups is 1. The van der Waals surface area contributed by atoms with Crippen LogP contribution in [0.4, 0.5) is 13.2 Å². The zero-order valence-corrected chi connectivity index (χ0v) is 16.4. The van der Waals surface area contributed by atoms with E-state index in [9.17, 15) is 13.2 Å². The molecule has 0 aliphatic heterocycles. The van der Waals surface area contributed by atoms with Crippen LogP contribution in [-0.4, -0.2) is 19.6 Å². The molecule has 0 heterocycles. The summed E-state index contributed by atoms with van der Waals surface area (Å²) in [5, 5.41) is 14.7. The molecule has 2 N–H and O–H groups in total. The molecule has 0 atom stereocenters. The molecule has 0 saturated carbocycles. The van der Waals surface area contributed by atoms with E-state index in [0.717, 1.165) is 18.2 Å². The lowest BCUT2D eigenvalue weighted by Crippen LogP contribution is -2.38. The van der Waals surface area contributed by atoms with Gasteiger partial charge in [-0.3, -0.25) is 4.99 Å². The Bertz CT molecular complexity index is 819. The third-order valence-corrected chi connectivity index (χ3v) is 3.54. The number of nitrogens with one attached hydrogen (secondary N) is 2. The summed E-state index contributed by atoms with van der Waals surface area (Å²) in [6.07, 6.45) is 0.266. The van der Waals surface area contributed by atoms with Crippen LogP contribution in [0.2, 0.25) is 0 Å². The number of halogens is 4. The molecule has 0 fully saturated rings. The number of hydrogen-bond acceptors (Lipinski definition) is 2. The highest BCUT2D eigenvalue weighted by atomic mass is 127. The van der Waals surface area contributed by atoms with E-state index in [4.69, 9.17) is 5.26 Å². The summed E-state index contributed by atoms with van der Waals surface area (Å²) in [7, 11) is 1.54. The van der Waals surface area contributed by atoms with E-state index in [-0.39, 0.29) is 42.5 Å². The van der Waals surface area contributed by atoms with E-state index >= 15 is 0 Å². The van der Waals surface area contributed by atoms with E-state index < -0.39 is 17.5 Å². The molecule has 2 aromatic carbocycles. The van der Waals surface area contributed by atoms with Crippen molar-refractivity contribution in [2.75, 3.05) is 13.6 Å². The molecule has 4 nitrogen and oxygen atoms in total. The van der Waals surface area contributed by atoms with Crippen molar-refractivity contribution in [2.24, 2.45) is 4.99 Å². The number of nitrogens with zero attached hydrogens (tertiary/aromatic N) is 2. The third-order valence-electron chi connectivity index (χ3n) is 3.54. The summed E-state index contributed by atoms with van der Waals surface area (Å²) in [6, 6.07) is 9.35. The van der Waals surface area contributed by atoms with Crippen LogP contribution in [0, 0.1) is 28.8 Å². The third kappa shape index (κ3) is 6.22. The van der Waals surface area contributed by atoms with Gasteiger partial charge >= 0.3 is 0 Å². The predicted molar refractivity (Wildman–Crippen MR) is 105 cm³/mol. The molecule has 0 aliphatic carbocycles. The Hall–Kier alpha value is -2.28. The second-order valence-electron chi connectivity index (χ2n) is 5.26. The summed E-state index contributed by atoms with van der Waals surface area (Å²) in [5.74, 6) is -1.00. The topological polar surface area (TPSA) is 60.2 Å². The van der Waals surface area contributed by atoms with Crippen LogP contribution < -0.4 is 10.6 Å². The normalized spacial score (nSPS) is 10.7. The lowest BCUT2D eigenvalue weighted by molar-refractivity contribution is 0.582. The SMILES string of the molecule is CN=C(NCCc1cc(F)ccc1F)NCc1cc(C#N)ccc1F.I. The first-order valence-electron chi connectivity index (χ1n) is 7.60. The van der Waals surface area contributed by atoms with Gasteiger partial charge in [0.05, 0.1) is 11.6 Å². The van der Waals surface area contributed by atoms with Crippen LogP contribution in [-0.2, 0) is 13.0 Å². The summed E-state index contributed by atoms with van der Waals surface area (Å²) >= 11 is 0. The number of nitriles is 1. The molecular formula is C18H18F3IN4. The summed E-state index contributed by atoms with van der Waals surface area (Å²) in [5.41, 5.74) is 0.955. The first-order chi connectivity index (χ1) is 12.0. The minimum atomic E-state index is -0.494. The van der Waals surface area contributed by atoms with Gasteiger partial charge in [0.15, 0.2) is 5.96 Å². The smallest absolute Gasteiger partial charge is 0.191 e. The van der Waals surface area contributed by atoms with E-state index in [2.05, 4.69) is 15.6 Å². The Labute approximate surface area is 167 Å². The second kappa shape index (κ2) is 10.7. The molecule has 2 rings (SSSR count). The van der Waals surface area contributed by atoms with Crippen molar-refractivity contribution in [2.45, 2.75) is 13.0 Å². The number of guanidine groups is 1. The van der Waals surface area contributed by atoms with Gasteiger partial charge in [-0.1, -0.05) is 0 Å². The van der Waals surface area contributed by atoms with Crippen molar-refractivity contribution in [3.8, 4) is 6.07 Å². The highest BCUT2D eigenvalue weighted by molar-refractivity contribution is 14.0. The van der Waals surface area contributed by atoms with Gasteiger partial charge in [0.25, 0.3) is 0 Å². The average molecular weight is 474 g/mol. The Kier molecular flexibility index (Phi) is 8.92. The summed E-state index contributed by atoms with van der Waals surface area (Å²) in [6.45, 7) is 0.454. The van der Waals surface area contributed by atoms with Gasteiger partial charge in [-0.05, 0) is 48.4 Å². The van der Waals surface area contributed by atoms with Gasteiger partial charge in [0.2, 0.25) is 0 Å². The van der Waals surface area contributed by atoms with Gasteiger partial charge in [-0.15, -0.1) is 24.0 Å². The zero-order valence-electron chi connectivity index (χ0n) is 14.0. The van der Waals surface area contributed by atoms with Gasteiger partial charge in [0.1, 0.15) is 17.5 Å². The molecule has 0 saturated heterocycles. The van der Waals surface area contributed by atoms with E-state index in [1.165, 1.54) is 18.2 Å². The van der Waals surface area contributed by atoms with Crippen LogP contribution in [0.1, 0.15) is 16.7 Å². The molecule has 0 aromatic heterocycles. The van der Waals surface area contributed by atoms with Crippen LogP contribution in [0.5, 0.6) is 0 Å². The van der Waals surface area contributed by atoms with Crippen LogP contribution >= 0.6 is 24.0 Å². The fourth-order valence-electron chi connectivity index (χ4n) is 2.23. The maximum atomic E-state index is 13.7. The van der Waals surface area contributed by atoms with Gasteiger partial charge in [-0.2, -0.15) is 5.26 Å². The fraction of sp³-hybridized carbons (Fsp3) is 0.222. The molecule has 26 heavy (non-hydrogen) atoms. The maximum absolute atomic E-state index is 13.7. The van der Waals surface area contributed by atoms with Crippen molar-refractivity contribution < 1.29 is 13.2 Å². The molecular weight excluding hydrogens is 456 g/mol. The van der Waals surface area contributed by atoms with Crippen molar-refractivity contribution in [3.05, 3.63) is 70.5 Å². The molecule has 0 bridgehead atoms. The van der Waals surface area contributed by atoms with Crippen LogP contribution in [0.3, 0.4) is 0 Å². The molecule has 0 radical (unpaired) electrons. The lowest BCUT2D eigenvalue weighted by Gasteiger charge is -2.13. The Morgan fingerprint density at radius 1 is 1.04 bits per heavy atom.